The molecule has 0 aliphatic carbocycles. The molecule has 3 atom stereocenters. The van der Waals surface area contributed by atoms with E-state index < -0.39 is 17.4 Å². The first-order valence-electron chi connectivity index (χ1n) is 14.0. The van der Waals surface area contributed by atoms with Gasteiger partial charge in [-0.3, -0.25) is 14.4 Å². The van der Waals surface area contributed by atoms with Crippen LogP contribution in [0, 0.1) is 5.92 Å². The number of nitrogens with zero attached hydrogens (tertiary/aromatic N) is 2. The van der Waals surface area contributed by atoms with E-state index in [1.807, 2.05) is 36.4 Å². The molecule has 2 aliphatic heterocycles. The number of likely N-dealkylation sites (tertiary alicyclic amines) is 1. The van der Waals surface area contributed by atoms with Crippen molar-refractivity contribution in [2.75, 3.05) is 23.4 Å². The highest BCUT2D eigenvalue weighted by Crippen LogP contribution is 2.47. The van der Waals surface area contributed by atoms with Crippen LogP contribution in [0.3, 0.4) is 0 Å². The maximum Gasteiger partial charge on any atom is 0.264 e. The number of hydrogen-bond acceptors (Lipinski definition) is 5. The van der Waals surface area contributed by atoms with Crippen molar-refractivity contribution >= 4 is 29.1 Å². The molecule has 0 aromatic heterocycles. The van der Waals surface area contributed by atoms with E-state index in [1.54, 1.807) is 71.3 Å². The lowest BCUT2D eigenvalue weighted by Gasteiger charge is -2.28. The third-order valence-electron chi connectivity index (χ3n) is 8.03. The standard InChI is InChI=1S/C33H35N3O5/c1-23(10-8-16-30(38)35-19-9-15-27(35)22-37)33(41)28-20-26(34-31(39)25-13-6-3-7-14-25)17-18-29(28)36(32(33)40)21-24-11-4-2-5-12-24/h2-8,10-14,17-18,20,23,27,37,41H,9,15-16,19,21-22H2,1H3,(H,34,39)/b10-8+/t23-,27+,33+/m1/s1. The molecule has 0 radical (unpaired) electrons. The Morgan fingerprint density at radius 3 is 2.49 bits per heavy atom. The summed E-state index contributed by atoms with van der Waals surface area (Å²) in [5.41, 5.74) is 0.924. The van der Waals surface area contributed by atoms with E-state index in [4.69, 9.17) is 0 Å². The van der Waals surface area contributed by atoms with Crippen LogP contribution in [-0.4, -0.2) is 52.0 Å². The van der Waals surface area contributed by atoms with Gasteiger partial charge in [-0.25, -0.2) is 0 Å². The number of anilines is 2. The second-order valence-corrected chi connectivity index (χ2v) is 10.7. The maximum absolute atomic E-state index is 13.9. The van der Waals surface area contributed by atoms with E-state index >= 15 is 0 Å². The average Bonchev–Trinajstić information content (AvgIpc) is 3.56. The lowest BCUT2D eigenvalue weighted by Crippen LogP contribution is -2.44. The Morgan fingerprint density at radius 1 is 1.07 bits per heavy atom. The average molecular weight is 554 g/mol. The first kappa shape index (κ1) is 28.3. The van der Waals surface area contributed by atoms with Crippen LogP contribution in [0.2, 0.25) is 0 Å². The van der Waals surface area contributed by atoms with Crippen molar-refractivity contribution in [2.45, 2.75) is 44.4 Å². The fraction of sp³-hybridized carbons (Fsp3) is 0.303. The number of fused-ring (bicyclic) bond motifs is 1. The first-order chi connectivity index (χ1) is 19.8. The topological polar surface area (TPSA) is 110 Å². The van der Waals surface area contributed by atoms with Gasteiger partial charge in [0.05, 0.1) is 24.9 Å². The van der Waals surface area contributed by atoms with E-state index in [-0.39, 0.29) is 37.4 Å². The molecule has 3 aromatic carbocycles. The summed E-state index contributed by atoms with van der Waals surface area (Å²) >= 11 is 0. The molecular formula is C33H35N3O5. The highest BCUT2D eigenvalue weighted by molar-refractivity contribution is 6.09. The zero-order chi connectivity index (χ0) is 29.0. The summed E-state index contributed by atoms with van der Waals surface area (Å²) in [5, 5.41) is 24.5. The lowest BCUT2D eigenvalue weighted by molar-refractivity contribution is -0.139. The Balaban J connectivity index is 1.42. The molecule has 1 saturated heterocycles. The fourth-order valence-electron chi connectivity index (χ4n) is 5.72. The van der Waals surface area contributed by atoms with Gasteiger partial charge in [-0.15, -0.1) is 0 Å². The second kappa shape index (κ2) is 12.1. The van der Waals surface area contributed by atoms with Crippen LogP contribution in [0.25, 0.3) is 0 Å². The largest absolute Gasteiger partial charge is 0.394 e. The minimum atomic E-state index is -1.90. The van der Waals surface area contributed by atoms with E-state index in [1.165, 1.54) is 0 Å². The van der Waals surface area contributed by atoms with Crippen LogP contribution >= 0.6 is 0 Å². The van der Waals surface area contributed by atoms with Gasteiger partial charge in [0.15, 0.2) is 5.60 Å². The van der Waals surface area contributed by atoms with Gasteiger partial charge >= 0.3 is 0 Å². The first-order valence-corrected chi connectivity index (χ1v) is 14.0. The van der Waals surface area contributed by atoms with Gasteiger partial charge in [0, 0.05) is 35.7 Å². The van der Waals surface area contributed by atoms with Crippen LogP contribution in [-0.2, 0) is 21.7 Å². The maximum atomic E-state index is 13.9. The van der Waals surface area contributed by atoms with E-state index in [9.17, 15) is 24.6 Å². The molecule has 2 aliphatic rings. The molecule has 0 saturated carbocycles. The van der Waals surface area contributed by atoms with Crippen molar-refractivity contribution in [3.8, 4) is 0 Å². The highest BCUT2D eigenvalue weighted by atomic mass is 16.3. The molecule has 8 nitrogen and oxygen atoms in total. The normalized spacial score (nSPS) is 20.9. The number of benzene rings is 3. The number of hydrogen-bond donors (Lipinski definition) is 3. The zero-order valence-electron chi connectivity index (χ0n) is 23.1. The minimum absolute atomic E-state index is 0.0582. The van der Waals surface area contributed by atoms with Gasteiger partial charge in [0.2, 0.25) is 5.91 Å². The van der Waals surface area contributed by atoms with Crippen molar-refractivity contribution < 1.29 is 24.6 Å². The van der Waals surface area contributed by atoms with Gasteiger partial charge in [-0.2, -0.15) is 0 Å². The molecule has 0 spiro atoms. The van der Waals surface area contributed by atoms with Crippen LogP contribution in [0.4, 0.5) is 11.4 Å². The summed E-state index contributed by atoms with van der Waals surface area (Å²) in [6.45, 7) is 2.58. The summed E-state index contributed by atoms with van der Waals surface area (Å²) < 4.78 is 0. The third-order valence-corrected chi connectivity index (χ3v) is 8.03. The minimum Gasteiger partial charge on any atom is -0.394 e. The number of aliphatic hydroxyl groups is 2. The van der Waals surface area contributed by atoms with E-state index in [0.29, 0.717) is 29.0 Å². The number of carbonyl (C=O) groups is 3. The summed E-state index contributed by atoms with van der Waals surface area (Å²) in [7, 11) is 0. The number of aliphatic hydroxyl groups excluding tert-OH is 1. The van der Waals surface area contributed by atoms with Crippen molar-refractivity contribution in [1.82, 2.24) is 4.90 Å². The summed E-state index contributed by atoms with van der Waals surface area (Å²) in [4.78, 5) is 42.8. The van der Waals surface area contributed by atoms with Crippen LogP contribution in [0.15, 0.2) is 91.0 Å². The van der Waals surface area contributed by atoms with Gasteiger partial charge in [0.1, 0.15) is 0 Å². The predicted molar refractivity (Wildman–Crippen MR) is 157 cm³/mol. The Labute approximate surface area is 239 Å². The molecule has 3 aromatic rings. The number of rotatable bonds is 9. The molecule has 8 heteroatoms. The lowest BCUT2D eigenvalue weighted by atomic mass is 9.82. The molecule has 0 unspecified atom stereocenters. The SMILES string of the molecule is C[C@H](/C=C/CC(=O)N1CCC[C@H]1CO)[C@@]1(O)C(=O)N(Cc2ccccc2)c2ccc(NC(=O)c3ccccc3)cc21. The predicted octanol–water partition coefficient (Wildman–Crippen LogP) is 4.24. The molecule has 0 bridgehead atoms. The molecule has 41 heavy (non-hydrogen) atoms. The van der Waals surface area contributed by atoms with Crippen molar-refractivity contribution in [3.05, 3.63) is 108 Å². The van der Waals surface area contributed by atoms with Crippen LogP contribution in [0.5, 0.6) is 0 Å². The molecular weight excluding hydrogens is 518 g/mol. The molecule has 212 valence electrons. The Hall–Kier alpha value is -4.27. The van der Waals surface area contributed by atoms with Crippen molar-refractivity contribution in [1.29, 1.82) is 0 Å². The van der Waals surface area contributed by atoms with Crippen LogP contribution < -0.4 is 10.2 Å². The van der Waals surface area contributed by atoms with E-state index in [0.717, 1.165) is 18.4 Å². The van der Waals surface area contributed by atoms with E-state index in [2.05, 4.69) is 5.32 Å². The zero-order valence-corrected chi connectivity index (χ0v) is 23.1. The summed E-state index contributed by atoms with van der Waals surface area (Å²) in [5.74, 6) is -1.53. The van der Waals surface area contributed by atoms with Gasteiger partial charge in [-0.1, -0.05) is 67.6 Å². The van der Waals surface area contributed by atoms with Gasteiger partial charge in [0.25, 0.3) is 11.8 Å². The highest BCUT2D eigenvalue weighted by Gasteiger charge is 2.52. The number of amides is 3. The van der Waals surface area contributed by atoms with Crippen LogP contribution in [0.1, 0.15) is 47.7 Å². The van der Waals surface area contributed by atoms with Crippen molar-refractivity contribution in [3.63, 3.8) is 0 Å². The smallest absolute Gasteiger partial charge is 0.264 e. The van der Waals surface area contributed by atoms with Crippen molar-refractivity contribution in [2.24, 2.45) is 5.92 Å². The Bertz CT molecular complexity index is 1440. The second-order valence-electron chi connectivity index (χ2n) is 10.7. The molecule has 2 heterocycles. The summed E-state index contributed by atoms with van der Waals surface area (Å²) in [6.07, 6.45) is 5.14. The van der Waals surface area contributed by atoms with Gasteiger partial charge < -0.3 is 25.3 Å². The quantitative estimate of drug-likeness (QED) is 0.344. The molecule has 3 amide bonds. The fourth-order valence-corrected chi connectivity index (χ4v) is 5.72. The van der Waals surface area contributed by atoms with Gasteiger partial charge in [-0.05, 0) is 48.7 Å². The molecule has 3 N–H and O–H groups in total. The summed E-state index contributed by atoms with van der Waals surface area (Å²) in [6, 6.07) is 23.3. The monoisotopic (exact) mass is 553 g/mol. The number of carbonyl (C=O) groups excluding carboxylic acids is 3. The third kappa shape index (κ3) is 5.66. The molecule has 5 rings (SSSR count). The Kier molecular flexibility index (Phi) is 8.33. The number of nitrogens with one attached hydrogen (secondary N) is 1. The Morgan fingerprint density at radius 2 is 1.78 bits per heavy atom. The molecule has 1 fully saturated rings.